The maximum Gasteiger partial charge on any atom is 0.322 e. The highest BCUT2D eigenvalue weighted by molar-refractivity contribution is 7.96. The zero-order chi connectivity index (χ0) is 8.31. The van der Waals surface area contributed by atoms with E-state index in [0.717, 1.165) is 6.92 Å². The van der Waals surface area contributed by atoms with E-state index in [-0.39, 0.29) is 0 Å². The van der Waals surface area contributed by atoms with Gasteiger partial charge in [0.05, 0.1) is 0 Å². The number of Topliss-reactive ketones (excluding diaryl/α,β-unsaturated/α-hetero) is 1. The van der Waals surface area contributed by atoms with Gasteiger partial charge in [0.25, 0.3) is 0 Å². The standard InChI is InChI=1S/C5H6O4S/c1-2(6)3(4(7)8)5(9)10/h3H,1H3,(H,7,8)(H,9,10). The number of rotatable bonds is 3. The van der Waals surface area contributed by atoms with Crippen LogP contribution in [0.1, 0.15) is 6.92 Å². The molecule has 0 spiro atoms. The minimum Gasteiger partial charge on any atom is -0.480 e. The van der Waals surface area contributed by atoms with Gasteiger partial charge in [-0.15, -0.1) is 12.6 Å². The van der Waals surface area contributed by atoms with Gasteiger partial charge in [-0.25, -0.2) is 0 Å². The van der Waals surface area contributed by atoms with Gasteiger partial charge in [0, 0.05) is 0 Å². The highest BCUT2D eigenvalue weighted by atomic mass is 32.1. The van der Waals surface area contributed by atoms with Crippen molar-refractivity contribution in [3.05, 3.63) is 0 Å². The number of ketones is 1. The Hall–Kier alpha value is -0.840. The fraction of sp³-hybridized carbons (Fsp3) is 0.400. The first kappa shape index (κ1) is 9.16. The van der Waals surface area contributed by atoms with E-state index >= 15 is 0 Å². The summed E-state index contributed by atoms with van der Waals surface area (Å²) in [6.07, 6.45) is 0. The molecule has 1 atom stereocenters. The topological polar surface area (TPSA) is 71.4 Å². The van der Waals surface area contributed by atoms with Crippen molar-refractivity contribution in [2.24, 2.45) is 5.92 Å². The molecule has 0 rings (SSSR count). The Bertz CT molecular complexity index is 153. The molecule has 0 aromatic rings. The Labute approximate surface area is 62.6 Å². The lowest BCUT2D eigenvalue weighted by Crippen LogP contribution is -2.26. The summed E-state index contributed by atoms with van der Waals surface area (Å²) in [5.74, 6) is -3.76. The number of thiol groups is 1. The van der Waals surface area contributed by atoms with Crippen LogP contribution in [0, 0.1) is 5.92 Å². The third-order valence-electron chi connectivity index (χ3n) is 0.900. The number of aliphatic carboxylic acids is 1. The summed E-state index contributed by atoms with van der Waals surface area (Å²) in [7, 11) is 0. The molecule has 0 amide bonds. The average Bonchev–Trinajstić information content (AvgIpc) is 1.59. The summed E-state index contributed by atoms with van der Waals surface area (Å²) in [5.41, 5.74) is 0. The van der Waals surface area contributed by atoms with Gasteiger partial charge in [0.15, 0.2) is 11.7 Å². The third kappa shape index (κ3) is 2.18. The van der Waals surface area contributed by atoms with Crippen molar-refractivity contribution < 1.29 is 19.5 Å². The highest BCUT2D eigenvalue weighted by Gasteiger charge is 2.27. The zero-order valence-corrected chi connectivity index (χ0v) is 6.09. The molecule has 0 bridgehead atoms. The zero-order valence-electron chi connectivity index (χ0n) is 5.20. The molecule has 0 radical (unpaired) electrons. The van der Waals surface area contributed by atoms with Crippen LogP contribution in [0.3, 0.4) is 0 Å². The molecule has 1 N–H and O–H groups in total. The number of carboxylic acid groups (broad SMARTS) is 1. The van der Waals surface area contributed by atoms with Gasteiger partial charge in [-0.2, -0.15) is 0 Å². The molecule has 0 aliphatic rings. The van der Waals surface area contributed by atoms with E-state index in [1.165, 1.54) is 0 Å². The SMILES string of the molecule is CC(=O)C(C(=O)O)C(=O)S. The molecule has 5 heteroatoms. The van der Waals surface area contributed by atoms with Gasteiger partial charge in [-0.05, 0) is 6.92 Å². The first-order valence-electron chi connectivity index (χ1n) is 2.43. The van der Waals surface area contributed by atoms with Crippen LogP contribution in [0.15, 0.2) is 0 Å². The van der Waals surface area contributed by atoms with Crippen LogP contribution < -0.4 is 0 Å². The molecular formula is C5H6O4S. The Morgan fingerprint density at radius 3 is 1.80 bits per heavy atom. The van der Waals surface area contributed by atoms with Crippen molar-refractivity contribution in [2.75, 3.05) is 0 Å². The number of carboxylic acids is 1. The van der Waals surface area contributed by atoms with Crippen molar-refractivity contribution in [1.82, 2.24) is 0 Å². The molecule has 56 valence electrons. The number of hydrogen-bond donors (Lipinski definition) is 2. The van der Waals surface area contributed by atoms with Crippen molar-refractivity contribution in [3.63, 3.8) is 0 Å². The molecule has 1 unspecified atom stereocenters. The van der Waals surface area contributed by atoms with E-state index in [9.17, 15) is 14.4 Å². The van der Waals surface area contributed by atoms with Gasteiger partial charge in [0.2, 0.25) is 5.12 Å². The fourth-order valence-electron chi connectivity index (χ4n) is 0.453. The third-order valence-corrected chi connectivity index (χ3v) is 1.16. The second-order valence-corrected chi connectivity index (χ2v) is 2.16. The van der Waals surface area contributed by atoms with Crippen molar-refractivity contribution in [2.45, 2.75) is 6.92 Å². The van der Waals surface area contributed by atoms with Crippen molar-refractivity contribution in [3.8, 4) is 0 Å². The van der Waals surface area contributed by atoms with E-state index in [4.69, 9.17) is 5.11 Å². The van der Waals surface area contributed by atoms with Crippen molar-refractivity contribution >= 4 is 29.5 Å². The number of carbonyl (C=O) groups excluding carboxylic acids is 2. The predicted molar refractivity (Wildman–Crippen MR) is 35.8 cm³/mol. The summed E-state index contributed by atoms with van der Waals surface area (Å²) in [5, 5.41) is 7.29. The lowest BCUT2D eigenvalue weighted by molar-refractivity contribution is -0.147. The molecule has 4 nitrogen and oxygen atoms in total. The maximum absolute atomic E-state index is 10.4. The Morgan fingerprint density at radius 2 is 1.80 bits per heavy atom. The first-order chi connectivity index (χ1) is 4.46. The fourth-order valence-corrected chi connectivity index (χ4v) is 0.746. The summed E-state index contributed by atoms with van der Waals surface area (Å²) in [6, 6.07) is 0. The molecule has 10 heavy (non-hydrogen) atoms. The van der Waals surface area contributed by atoms with Crippen LogP contribution in [0.5, 0.6) is 0 Å². The van der Waals surface area contributed by atoms with Gasteiger partial charge in [-0.1, -0.05) is 0 Å². The summed E-state index contributed by atoms with van der Waals surface area (Å²) < 4.78 is 0. The lowest BCUT2D eigenvalue weighted by atomic mass is 10.1. The van der Waals surface area contributed by atoms with Crippen LogP contribution in [0.4, 0.5) is 0 Å². The minimum atomic E-state index is -1.61. The van der Waals surface area contributed by atoms with E-state index in [1.807, 2.05) is 0 Å². The number of carbonyl (C=O) groups is 3. The Balaban J connectivity index is 4.43. The minimum absolute atomic E-state index is 0.701. The largest absolute Gasteiger partial charge is 0.480 e. The smallest absolute Gasteiger partial charge is 0.322 e. The monoisotopic (exact) mass is 162 g/mol. The highest BCUT2D eigenvalue weighted by Crippen LogP contribution is 2.02. The van der Waals surface area contributed by atoms with Gasteiger partial charge >= 0.3 is 5.97 Å². The van der Waals surface area contributed by atoms with E-state index in [1.54, 1.807) is 0 Å². The summed E-state index contributed by atoms with van der Waals surface area (Å²) >= 11 is 3.23. The molecule has 0 heterocycles. The normalized spacial score (nSPS) is 12.2. The summed E-state index contributed by atoms with van der Waals surface area (Å²) in [6.45, 7) is 1.03. The first-order valence-corrected chi connectivity index (χ1v) is 2.87. The van der Waals surface area contributed by atoms with E-state index in [0.29, 0.717) is 0 Å². The summed E-state index contributed by atoms with van der Waals surface area (Å²) in [4.78, 5) is 30.8. The lowest BCUT2D eigenvalue weighted by Gasteiger charge is -2.00. The quantitative estimate of drug-likeness (QED) is 0.442. The van der Waals surface area contributed by atoms with Gasteiger partial charge < -0.3 is 5.11 Å². The second kappa shape index (κ2) is 3.36. The van der Waals surface area contributed by atoms with Crippen LogP contribution >= 0.6 is 12.6 Å². The van der Waals surface area contributed by atoms with Crippen LogP contribution in [0.2, 0.25) is 0 Å². The predicted octanol–water partition coefficient (Wildman–Crippen LogP) is -0.267. The van der Waals surface area contributed by atoms with Gasteiger partial charge in [0.1, 0.15) is 0 Å². The maximum atomic E-state index is 10.4. The Morgan fingerprint density at radius 1 is 1.40 bits per heavy atom. The van der Waals surface area contributed by atoms with Crippen LogP contribution in [-0.2, 0) is 14.4 Å². The molecule has 0 aromatic carbocycles. The Kier molecular flexibility index (Phi) is 3.08. The molecule has 0 fully saturated rings. The van der Waals surface area contributed by atoms with E-state index < -0.39 is 22.8 Å². The average molecular weight is 162 g/mol. The van der Waals surface area contributed by atoms with Crippen LogP contribution in [-0.4, -0.2) is 22.0 Å². The molecule has 0 saturated carbocycles. The molecule has 0 saturated heterocycles. The molecular weight excluding hydrogens is 156 g/mol. The number of hydrogen-bond acceptors (Lipinski definition) is 3. The van der Waals surface area contributed by atoms with Gasteiger partial charge in [-0.3, -0.25) is 14.4 Å². The molecule has 0 aliphatic heterocycles. The molecule has 0 aliphatic carbocycles. The van der Waals surface area contributed by atoms with Crippen molar-refractivity contribution in [1.29, 1.82) is 0 Å². The second-order valence-electron chi connectivity index (χ2n) is 1.72. The van der Waals surface area contributed by atoms with Crippen LogP contribution in [0.25, 0.3) is 0 Å². The molecule has 0 aromatic heterocycles. The van der Waals surface area contributed by atoms with E-state index in [2.05, 4.69) is 12.6 Å².